The van der Waals surface area contributed by atoms with Crippen molar-refractivity contribution in [3.63, 3.8) is 0 Å². The number of hydrogen-bond acceptors (Lipinski definition) is 4. The van der Waals surface area contributed by atoms with Gasteiger partial charge < -0.3 is 16.0 Å². The van der Waals surface area contributed by atoms with Crippen LogP contribution in [-0.4, -0.2) is 62.5 Å². The number of nitrogens with one attached hydrogen (secondary N) is 3. The summed E-state index contributed by atoms with van der Waals surface area (Å²) in [7, 11) is 0. The van der Waals surface area contributed by atoms with E-state index in [2.05, 4.69) is 20.9 Å². The average molecular weight is 270 g/mol. The van der Waals surface area contributed by atoms with Gasteiger partial charge in [-0.05, 0) is 6.42 Å². The number of carbonyl (C=O) groups excluding carboxylic acids is 2. The minimum Gasteiger partial charge on any atom is -0.356 e. The van der Waals surface area contributed by atoms with Crippen molar-refractivity contribution in [2.75, 3.05) is 45.8 Å². The van der Waals surface area contributed by atoms with Gasteiger partial charge in [-0.15, -0.1) is 0 Å². The van der Waals surface area contributed by atoms with Gasteiger partial charge in [0.05, 0.1) is 0 Å². The highest BCUT2D eigenvalue weighted by Crippen LogP contribution is 1.92. The van der Waals surface area contributed by atoms with E-state index in [1.807, 2.05) is 6.92 Å². The molecule has 0 spiro atoms. The van der Waals surface area contributed by atoms with Crippen molar-refractivity contribution in [1.82, 2.24) is 20.9 Å². The number of rotatable bonds is 8. The van der Waals surface area contributed by atoms with E-state index in [0.717, 1.165) is 39.1 Å². The van der Waals surface area contributed by atoms with Crippen LogP contribution in [0.25, 0.3) is 0 Å². The smallest absolute Gasteiger partial charge is 0.220 e. The molecular formula is C13H26N4O2. The monoisotopic (exact) mass is 270 g/mol. The largest absolute Gasteiger partial charge is 0.356 e. The summed E-state index contributed by atoms with van der Waals surface area (Å²) in [4.78, 5) is 25.2. The number of amides is 2. The van der Waals surface area contributed by atoms with Gasteiger partial charge in [-0.25, -0.2) is 0 Å². The standard InChI is InChI=1S/C13H26N4O2/c1-2-5-15-12(18)3-4-13(19)16-8-11-17-9-6-14-7-10-17/h14H,2-11H2,1H3,(H,15,18)(H,16,19). The Bertz CT molecular complexity index is 278. The highest BCUT2D eigenvalue weighted by Gasteiger charge is 2.10. The number of nitrogens with zero attached hydrogens (tertiary/aromatic N) is 1. The fraction of sp³-hybridized carbons (Fsp3) is 0.846. The molecule has 1 rings (SSSR count). The molecule has 1 saturated heterocycles. The molecule has 0 radical (unpaired) electrons. The second-order valence-corrected chi connectivity index (χ2v) is 4.79. The maximum Gasteiger partial charge on any atom is 0.220 e. The van der Waals surface area contributed by atoms with Crippen LogP contribution >= 0.6 is 0 Å². The molecule has 0 atom stereocenters. The second kappa shape index (κ2) is 9.75. The molecule has 0 unspecified atom stereocenters. The van der Waals surface area contributed by atoms with Gasteiger partial charge in [0.2, 0.25) is 11.8 Å². The molecule has 19 heavy (non-hydrogen) atoms. The van der Waals surface area contributed by atoms with Crippen molar-refractivity contribution in [2.45, 2.75) is 26.2 Å². The molecule has 1 heterocycles. The molecule has 3 N–H and O–H groups in total. The summed E-state index contributed by atoms with van der Waals surface area (Å²) in [5.74, 6) is -0.0825. The van der Waals surface area contributed by atoms with Gasteiger partial charge >= 0.3 is 0 Å². The number of piperazine rings is 1. The van der Waals surface area contributed by atoms with Crippen LogP contribution in [0.15, 0.2) is 0 Å². The fourth-order valence-corrected chi connectivity index (χ4v) is 1.96. The molecule has 6 nitrogen and oxygen atoms in total. The third kappa shape index (κ3) is 7.79. The molecule has 6 heteroatoms. The van der Waals surface area contributed by atoms with Crippen LogP contribution in [0.1, 0.15) is 26.2 Å². The summed E-state index contributed by atoms with van der Waals surface area (Å²) in [6.07, 6.45) is 1.47. The van der Waals surface area contributed by atoms with Crippen LogP contribution in [0.2, 0.25) is 0 Å². The summed E-state index contributed by atoms with van der Waals surface area (Å²) >= 11 is 0. The molecule has 0 saturated carbocycles. The van der Waals surface area contributed by atoms with Crippen molar-refractivity contribution < 1.29 is 9.59 Å². The van der Waals surface area contributed by atoms with Gasteiger partial charge in [0, 0.05) is 58.7 Å². The zero-order valence-electron chi connectivity index (χ0n) is 11.8. The Labute approximate surface area is 115 Å². The minimum atomic E-state index is -0.0425. The summed E-state index contributed by atoms with van der Waals surface area (Å²) in [6, 6.07) is 0. The first-order valence-electron chi connectivity index (χ1n) is 7.19. The lowest BCUT2D eigenvalue weighted by Gasteiger charge is -2.27. The average Bonchev–Trinajstić information content (AvgIpc) is 2.44. The number of hydrogen-bond donors (Lipinski definition) is 3. The molecule has 0 aromatic heterocycles. The SMILES string of the molecule is CCCNC(=O)CCC(=O)NCCN1CCNCC1. The van der Waals surface area contributed by atoms with E-state index in [-0.39, 0.29) is 24.7 Å². The molecule has 0 aromatic rings. The molecule has 0 bridgehead atoms. The quantitative estimate of drug-likeness (QED) is 0.546. The molecule has 110 valence electrons. The third-order valence-electron chi connectivity index (χ3n) is 3.11. The summed E-state index contributed by atoms with van der Waals surface area (Å²) in [5, 5.41) is 8.91. The lowest BCUT2D eigenvalue weighted by atomic mass is 10.2. The van der Waals surface area contributed by atoms with E-state index in [4.69, 9.17) is 0 Å². The molecular weight excluding hydrogens is 244 g/mol. The maximum absolute atomic E-state index is 11.5. The van der Waals surface area contributed by atoms with Gasteiger partial charge in [-0.3, -0.25) is 14.5 Å². The Morgan fingerprint density at radius 2 is 1.63 bits per heavy atom. The van der Waals surface area contributed by atoms with Crippen LogP contribution in [-0.2, 0) is 9.59 Å². The Hall–Kier alpha value is -1.14. The van der Waals surface area contributed by atoms with Crippen LogP contribution < -0.4 is 16.0 Å². The van der Waals surface area contributed by atoms with Crippen LogP contribution in [0, 0.1) is 0 Å². The molecule has 1 aliphatic rings. The number of carbonyl (C=O) groups is 2. The van der Waals surface area contributed by atoms with E-state index < -0.39 is 0 Å². The van der Waals surface area contributed by atoms with Crippen LogP contribution in [0.3, 0.4) is 0 Å². The van der Waals surface area contributed by atoms with Gasteiger partial charge in [0.15, 0.2) is 0 Å². The van der Waals surface area contributed by atoms with Crippen molar-refractivity contribution in [1.29, 1.82) is 0 Å². The van der Waals surface area contributed by atoms with Crippen molar-refractivity contribution in [3.8, 4) is 0 Å². The maximum atomic E-state index is 11.5. The third-order valence-corrected chi connectivity index (χ3v) is 3.11. The lowest BCUT2D eigenvalue weighted by molar-refractivity contribution is -0.126. The normalized spacial score (nSPS) is 16.1. The summed E-state index contributed by atoms with van der Waals surface area (Å²) in [6.45, 7) is 8.35. The predicted octanol–water partition coefficient (Wildman–Crippen LogP) is -0.686. The lowest BCUT2D eigenvalue weighted by Crippen LogP contribution is -2.46. The predicted molar refractivity (Wildman–Crippen MR) is 74.9 cm³/mol. The van der Waals surface area contributed by atoms with E-state index in [1.54, 1.807) is 0 Å². The highest BCUT2D eigenvalue weighted by molar-refractivity contribution is 5.83. The summed E-state index contributed by atoms with van der Waals surface area (Å²) < 4.78 is 0. The molecule has 1 aliphatic heterocycles. The topological polar surface area (TPSA) is 73.5 Å². The fourth-order valence-electron chi connectivity index (χ4n) is 1.96. The van der Waals surface area contributed by atoms with Crippen molar-refractivity contribution in [3.05, 3.63) is 0 Å². The highest BCUT2D eigenvalue weighted by atomic mass is 16.2. The van der Waals surface area contributed by atoms with E-state index in [1.165, 1.54) is 0 Å². The van der Waals surface area contributed by atoms with Crippen LogP contribution in [0.5, 0.6) is 0 Å². The minimum absolute atomic E-state index is 0.0400. The van der Waals surface area contributed by atoms with E-state index in [9.17, 15) is 9.59 Å². The zero-order valence-corrected chi connectivity index (χ0v) is 11.8. The molecule has 0 aliphatic carbocycles. The Morgan fingerprint density at radius 3 is 2.21 bits per heavy atom. The van der Waals surface area contributed by atoms with Crippen molar-refractivity contribution >= 4 is 11.8 Å². The van der Waals surface area contributed by atoms with Crippen LogP contribution in [0.4, 0.5) is 0 Å². The van der Waals surface area contributed by atoms with Gasteiger partial charge in [0.25, 0.3) is 0 Å². The Morgan fingerprint density at radius 1 is 1.05 bits per heavy atom. The van der Waals surface area contributed by atoms with E-state index in [0.29, 0.717) is 13.1 Å². The Kier molecular flexibility index (Phi) is 8.16. The van der Waals surface area contributed by atoms with Gasteiger partial charge in [-0.1, -0.05) is 6.92 Å². The first kappa shape index (κ1) is 15.9. The van der Waals surface area contributed by atoms with E-state index >= 15 is 0 Å². The van der Waals surface area contributed by atoms with Crippen molar-refractivity contribution in [2.24, 2.45) is 0 Å². The Balaban J connectivity index is 1.99. The molecule has 1 fully saturated rings. The van der Waals surface area contributed by atoms with Gasteiger partial charge in [-0.2, -0.15) is 0 Å². The molecule has 0 aromatic carbocycles. The zero-order chi connectivity index (χ0) is 13.9. The summed E-state index contributed by atoms with van der Waals surface area (Å²) in [5.41, 5.74) is 0. The van der Waals surface area contributed by atoms with Gasteiger partial charge in [0.1, 0.15) is 0 Å². The molecule has 2 amide bonds. The first-order chi connectivity index (χ1) is 9.22. The second-order valence-electron chi connectivity index (χ2n) is 4.79. The first-order valence-corrected chi connectivity index (χ1v) is 7.19.